The number of likely N-dealkylation sites (N-methyl/N-ethyl adjacent to an activating group) is 1. The van der Waals surface area contributed by atoms with Crippen LogP contribution >= 0.6 is 0 Å². The highest BCUT2D eigenvalue weighted by atomic mass is 19.1. The lowest BCUT2D eigenvalue weighted by Gasteiger charge is -2.17. The molecule has 0 heterocycles. The summed E-state index contributed by atoms with van der Waals surface area (Å²) >= 11 is 0. The smallest absolute Gasteiger partial charge is 0.260 e. The van der Waals surface area contributed by atoms with E-state index in [4.69, 9.17) is 10.5 Å². The van der Waals surface area contributed by atoms with Crippen LogP contribution in [0.15, 0.2) is 18.2 Å². The third-order valence-electron chi connectivity index (χ3n) is 3.32. The minimum Gasteiger partial charge on any atom is -0.481 e. The van der Waals surface area contributed by atoms with Gasteiger partial charge in [0.15, 0.2) is 18.2 Å². The maximum absolute atomic E-state index is 13.7. The molecule has 4 nitrogen and oxygen atoms in total. The van der Waals surface area contributed by atoms with E-state index < -0.39 is 5.82 Å². The highest BCUT2D eigenvalue weighted by Gasteiger charge is 2.29. The van der Waals surface area contributed by atoms with Crippen LogP contribution in [-0.4, -0.2) is 30.5 Å². The number of hydrogen-bond donors (Lipinski definition) is 1. The van der Waals surface area contributed by atoms with E-state index in [-0.39, 0.29) is 24.3 Å². The third-order valence-corrected chi connectivity index (χ3v) is 3.32. The lowest BCUT2D eigenvalue weighted by molar-refractivity contribution is -0.132. The molecule has 19 heavy (non-hydrogen) atoms. The first-order valence-corrected chi connectivity index (χ1v) is 6.42. The maximum atomic E-state index is 13.7. The number of benzene rings is 1. The molecule has 104 valence electrons. The monoisotopic (exact) mass is 266 g/mol. The minimum absolute atomic E-state index is 0.0851. The predicted octanol–water partition coefficient (Wildman–Crippen LogP) is 1.85. The van der Waals surface area contributed by atoms with E-state index in [0.29, 0.717) is 11.6 Å². The predicted molar refractivity (Wildman–Crippen MR) is 70.3 cm³/mol. The lowest BCUT2D eigenvalue weighted by atomic mass is 10.1. The van der Waals surface area contributed by atoms with E-state index >= 15 is 0 Å². The van der Waals surface area contributed by atoms with Crippen molar-refractivity contribution in [1.82, 2.24) is 4.90 Å². The molecule has 0 aliphatic heterocycles. The highest BCUT2D eigenvalue weighted by Crippen LogP contribution is 2.26. The van der Waals surface area contributed by atoms with Crippen LogP contribution in [0.25, 0.3) is 0 Å². The first kappa shape index (κ1) is 13.8. The summed E-state index contributed by atoms with van der Waals surface area (Å²) in [4.78, 5) is 13.4. The van der Waals surface area contributed by atoms with Crippen LogP contribution in [0.4, 0.5) is 4.39 Å². The quantitative estimate of drug-likeness (QED) is 0.884. The average molecular weight is 266 g/mol. The number of rotatable bonds is 5. The summed E-state index contributed by atoms with van der Waals surface area (Å²) in [5, 5.41) is 0. The largest absolute Gasteiger partial charge is 0.481 e. The van der Waals surface area contributed by atoms with Gasteiger partial charge in [0.05, 0.1) is 0 Å². The van der Waals surface area contributed by atoms with Gasteiger partial charge < -0.3 is 15.4 Å². The Hall–Kier alpha value is -1.62. The Morgan fingerprint density at radius 2 is 2.26 bits per heavy atom. The van der Waals surface area contributed by atoms with Crippen molar-refractivity contribution in [3.63, 3.8) is 0 Å². The molecule has 2 rings (SSSR count). The molecule has 1 unspecified atom stereocenters. The number of nitrogens with two attached hydrogens (primary N) is 1. The minimum atomic E-state index is -0.489. The van der Waals surface area contributed by atoms with Gasteiger partial charge in [0, 0.05) is 19.1 Å². The van der Waals surface area contributed by atoms with Gasteiger partial charge in [-0.2, -0.15) is 0 Å². The first-order chi connectivity index (χ1) is 8.99. The zero-order valence-corrected chi connectivity index (χ0v) is 11.2. The van der Waals surface area contributed by atoms with Crippen LogP contribution < -0.4 is 10.5 Å². The summed E-state index contributed by atoms with van der Waals surface area (Å²) in [6.45, 7) is 1.64. The molecule has 1 saturated carbocycles. The zero-order chi connectivity index (χ0) is 14.0. The molecule has 0 radical (unpaired) electrons. The molecule has 1 aromatic carbocycles. The lowest BCUT2D eigenvalue weighted by Crippen LogP contribution is -2.33. The third kappa shape index (κ3) is 3.44. The summed E-state index contributed by atoms with van der Waals surface area (Å²) in [5.74, 6) is -0.531. The molecule has 1 fully saturated rings. The first-order valence-electron chi connectivity index (χ1n) is 6.42. The van der Waals surface area contributed by atoms with Gasteiger partial charge in [0.1, 0.15) is 0 Å². The summed E-state index contributed by atoms with van der Waals surface area (Å²) in [7, 11) is 1.75. The number of amides is 1. The Kier molecular flexibility index (Phi) is 4.04. The normalized spacial score (nSPS) is 16.0. The van der Waals surface area contributed by atoms with Crippen molar-refractivity contribution < 1.29 is 13.9 Å². The average Bonchev–Trinajstić information content (AvgIpc) is 3.20. The van der Waals surface area contributed by atoms with Gasteiger partial charge in [-0.25, -0.2) is 4.39 Å². The van der Waals surface area contributed by atoms with E-state index in [1.54, 1.807) is 24.9 Å². The Labute approximate surface area is 112 Å². The van der Waals surface area contributed by atoms with Gasteiger partial charge in [0.2, 0.25) is 0 Å². The summed E-state index contributed by atoms with van der Waals surface area (Å²) in [6, 6.07) is 4.67. The SMILES string of the molecule is CC(N)c1ccc(OCC(=O)N(C)C2CC2)c(F)c1. The van der Waals surface area contributed by atoms with Crippen molar-refractivity contribution in [3.8, 4) is 5.75 Å². The number of nitrogens with zero attached hydrogens (tertiary/aromatic N) is 1. The molecule has 0 spiro atoms. The number of halogens is 1. The number of carbonyl (C=O) groups is 1. The van der Waals surface area contributed by atoms with Crippen molar-refractivity contribution in [2.45, 2.75) is 31.8 Å². The molecule has 0 aromatic heterocycles. The summed E-state index contributed by atoms with van der Waals surface area (Å²) in [6.07, 6.45) is 2.08. The van der Waals surface area contributed by atoms with Crippen molar-refractivity contribution in [1.29, 1.82) is 0 Å². The van der Waals surface area contributed by atoms with E-state index in [0.717, 1.165) is 12.8 Å². The number of hydrogen-bond acceptors (Lipinski definition) is 3. The second kappa shape index (κ2) is 5.57. The summed E-state index contributed by atoms with van der Waals surface area (Å²) < 4.78 is 19.0. The van der Waals surface area contributed by atoms with Crippen molar-refractivity contribution >= 4 is 5.91 Å². The van der Waals surface area contributed by atoms with E-state index in [9.17, 15) is 9.18 Å². The second-order valence-corrected chi connectivity index (χ2v) is 5.00. The molecule has 1 atom stereocenters. The Bertz CT molecular complexity index is 473. The van der Waals surface area contributed by atoms with Crippen LogP contribution in [0.3, 0.4) is 0 Å². The van der Waals surface area contributed by atoms with Crippen molar-refractivity contribution in [2.24, 2.45) is 5.73 Å². The Balaban J connectivity index is 1.93. The molecule has 1 amide bonds. The van der Waals surface area contributed by atoms with Gasteiger partial charge in [-0.3, -0.25) is 4.79 Å². The van der Waals surface area contributed by atoms with E-state index in [1.807, 2.05) is 0 Å². The van der Waals surface area contributed by atoms with Gasteiger partial charge in [-0.1, -0.05) is 6.07 Å². The molecule has 1 aromatic rings. The number of carbonyl (C=O) groups excluding carboxylic acids is 1. The molecule has 2 N–H and O–H groups in total. The highest BCUT2D eigenvalue weighted by molar-refractivity contribution is 5.78. The molecular formula is C14H19FN2O2. The van der Waals surface area contributed by atoms with Crippen LogP contribution in [0.1, 0.15) is 31.4 Å². The second-order valence-electron chi connectivity index (χ2n) is 5.00. The summed E-state index contributed by atoms with van der Waals surface area (Å²) in [5.41, 5.74) is 6.37. The van der Waals surface area contributed by atoms with Gasteiger partial charge in [-0.15, -0.1) is 0 Å². The van der Waals surface area contributed by atoms with Crippen LogP contribution in [0, 0.1) is 5.82 Å². The van der Waals surface area contributed by atoms with Gasteiger partial charge in [-0.05, 0) is 37.5 Å². The molecule has 1 aliphatic carbocycles. The molecular weight excluding hydrogens is 247 g/mol. The standard InChI is InChI=1S/C14H19FN2O2/c1-9(16)10-3-6-13(12(15)7-10)19-8-14(18)17(2)11-4-5-11/h3,6-7,9,11H,4-5,8,16H2,1-2H3. The fourth-order valence-corrected chi connectivity index (χ4v) is 1.82. The zero-order valence-electron chi connectivity index (χ0n) is 11.2. The van der Waals surface area contributed by atoms with Crippen LogP contribution in [-0.2, 0) is 4.79 Å². The Morgan fingerprint density at radius 1 is 1.58 bits per heavy atom. The fourth-order valence-electron chi connectivity index (χ4n) is 1.82. The van der Waals surface area contributed by atoms with E-state index in [1.165, 1.54) is 12.1 Å². The van der Waals surface area contributed by atoms with Gasteiger partial charge >= 0.3 is 0 Å². The van der Waals surface area contributed by atoms with Gasteiger partial charge in [0.25, 0.3) is 5.91 Å². The van der Waals surface area contributed by atoms with E-state index in [2.05, 4.69) is 0 Å². The Morgan fingerprint density at radius 3 is 2.79 bits per heavy atom. The maximum Gasteiger partial charge on any atom is 0.260 e. The molecule has 0 saturated heterocycles. The molecule has 1 aliphatic rings. The molecule has 5 heteroatoms. The molecule has 0 bridgehead atoms. The van der Waals surface area contributed by atoms with Crippen LogP contribution in [0.2, 0.25) is 0 Å². The number of ether oxygens (including phenoxy) is 1. The van der Waals surface area contributed by atoms with Crippen molar-refractivity contribution in [3.05, 3.63) is 29.6 Å². The van der Waals surface area contributed by atoms with Crippen molar-refractivity contribution in [2.75, 3.05) is 13.7 Å². The fraction of sp³-hybridized carbons (Fsp3) is 0.500. The topological polar surface area (TPSA) is 55.6 Å². The van der Waals surface area contributed by atoms with Crippen LogP contribution in [0.5, 0.6) is 5.75 Å².